The molecule has 114 valence electrons. The van der Waals surface area contributed by atoms with E-state index in [4.69, 9.17) is 5.26 Å². The van der Waals surface area contributed by atoms with Crippen LogP contribution in [0, 0.1) is 23.2 Å². The van der Waals surface area contributed by atoms with E-state index in [1.54, 1.807) is 6.20 Å². The van der Waals surface area contributed by atoms with E-state index in [1.165, 1.54) is 45.1 Å². The minimum atomic E-state index is 0.360. The SMILES string of the molecule is CC(C)CCN1CCC(CNc2cnc(C#N)cn2)CC1. The first-order valence-corrected chi connectivity index (χ1v) is 7.85. The van der Waals surface area contributed by atoms with Gasteiger partial charge in [-0.15, -0.1) is 0 Å². The molecule has 1 saturated heterocycles. The zero-order chi connectivity index (χ0) is 15.1. The van der Waals surface area contributed by atoms with Gasteiger partial charge in [0.25, 0.3) is 0 Å². The number of nitriles is 1. The van der Waals surface area contributed by atoms with E-state index in [0.29, 0.717) is 11.6 Å². The molecule has 1 N–H and O–H groups in total. The number of likely N-dealkylation sites (tertiary alicyclic amines) is 1. The van der Waals surface area contributed by atoms with Gasteiger partial charge in [-0.05, 0) is 50.7 Å². The standard InChI is InChI=1S/C16H25N5/c1-13(2)3-6-21-7-4-14(5-8-21)10-19-16-12-18-15(9-17)11-20-16/h11-14H,3-8,10H2,1-2H3,(H,19,20). The molecule has 21 heavy (non-hydrogen) atoms. The molecule has 5 nitrogen and oxygen atoms in total. The number of piperidine rings is 1. The van der Waals surface area contributed by atoms with E-state index in [9.17, 15) is 0 Å². The minimum Gasteiger partial charge on any atom is -0.369 e. The first kappa shape index (κ1) is 15.7. The lowest BCUT2D eigenvalue weighted by atomic mass is 9.96. The summed E-state index contributed by atoms with van der Waals surface area (Å²) in [6, 6.07) is 1.98. The van der Waals surface area contributed by atoms with Crippen LogP contribution in [-0.2, 0) is 0 Å². The average molecular weight is 287 g/mol. The van der Waals surface area contributed by atoms with Crippen molar-refractivity contribution in [1.29, 1.82) is 5.26 Å². The monoisotopic (exact) mass is 287 g/mol. The van der Waals surface area contributed by atoms with E-state index >= 15 is 0 Å². The molecule has 5 heteroatoms. The maximum absolute atomic E-state index is 8.69. The minimum absolute atomic E-state index is 0.360. The largest absolute Gasteiger partial charge is 0.369 e. The Balaban J connectivity index is 1.67. The van der Waals surface area contributed by atoms with Crippen molar-refractivity contribution in [2.24, 2.45) is 11.8 Å². The van der Waals surface area contributed by atoms with Crippen LogP contribution in [0.5, 0.6) is 0 Å². The highest BCUT2D eigenvalue weighted by molar-refractivity contribution is 5.33. The van der Waals surface area contributed by atoms with Crippen molar-refractivity contribution in [3.05, 3.63) is 18.1 Å². The van der Waals surface area contributed by atoms with Gasteiger partial charge in [0.1, 0.15) is 11.9 Å². The summed E-state index contributed by atoms with van der Waals surface area (Å²) >= 11 is 0. The fraction of sp³-hybridized carbons (Fsp3) is 0.688. The molecule has 0 atom stereocenters. The van der Waals surface area contributed by atoms with Gasteiger partial charge in [-0.3, -0.25) is 0 Å². The molecule has 0 unspecified atom stereocenters. The van der Waals surface area contributed by atoms with E-state index in [-0.39, 0.29) is 0 Å². The first-order valence-electron chi connectivity index (χ1n) is 7.85. The molecule has 1 aliphatic rings. The number of hydrogen-bond acceptors (Lipinski definition) is 5. The zero-order valence-corrected chi connectivity index (χ0v) is 13.0. The van der Waals surface area contributed by atoms with Crippen molar-refractivity contribution in [1.82, 2.24) is 14.9 Å². The molecule has 2 rings (SSSR count). The topological polar surface area (TPSA) is 64.8 Å². The predicted molar refractivity (Wildman–Crippen MR) is 83.9 cm³/mol. The van der Waals surface area contributed by atoms with Crippen molar-refractivity contribution in [2.75, 3.05) is 31.5 Å². The van der Waals surface area contributed by atoms with Gasteiger partial charge in [0.15, 0.2) is 5.69 Å². The van der Waals surface area contributed by atoms with Crippen LogP contribution >= 0.6 is 0 Å². The maximum Gasteiger partial charge on any atom is 0.158 e. The summed E-state index contributed by atoms with van der Waals surface area (Å²) in [4.78, 5) is 10.8. The Bertz CT molecular complexity index is 455. The van der Waals surface area contributed by atoms with E-state index in [1.807, 2.05) is 6.07 Å². The second-order valence-corrected chi connectivity index (χ2v) is 6.25. The molecule has 1 aromatic heterocycles. The highest BCUT2D eigenvalue weighted by atomic mass is 15.1. The fourth-order valence-electron chi connectivity index (χ4n) is 2.58. The van der Waals surface area contributed by atoms with Gasteiger partial charge in [0.05, 0.1) is 12.4 Å². The third kappa shape index (κ3) is 5.31. The Kier molecular flexibility index (Phi) is 5.94. The number of nitrogens with zero attached hydrogens (tertiary/aromatic N) is 4. The molecule has 0 saturated carbocycles. The van der Waals surface area contributed by atoms with E-state index in [2.05, 4.69) is 34.0 Å². The number of anilines is 1. The summed E-state index contributed by atoms with van der Waals surface area (Å²) in [5.41, 5.74) is 0.360. The third-order valence-electron chi connectivity index (χ3n) is 4.07. The van der Waals surface area contributed by atoms with Crippen LogP contribution in [0.1, 0.15) is 38.8 Å². The molecular weight excluding hydrogens is 262 g/mol. The maximum atomic E-state index is 8.69. The van der Waals surface area contributed by atoms with Crippen molar-refractivity contribution in [3.8, 4) is 6.07 Å². The quantitative estimate of drug-likeness (QED) is 0.871. The number of rotatable bonds is 6. The molecule has 0 spiro atoms. The van der Waals surface area contributed by atoms with Crippen molar-refractivity contribution >= 4 is 5.82 Å². The molecule has 0 bridgehead atoms. The number of aromatic nitrogens is 2. The van der Waals surface area contributed by atoms with Crippen LogP contribution in [0.15, 0.2) is 12.4 Å². The highest BCUT2D eigenvalue weighted by Gasteiger charge is 2.18. The van der Waals surface area contributed by atoms with Crippen LogP contribution in [0.2, 0.25) is 0 Å². The first-order chi connectivity index (χ1) is 10.2. The Morgan fingerprint density at radius 2 is 2.10 bits per heavy atom. The molecular formula is C16H25N5. The Morgan fingerprint density at radius 1 is 1.33 bits per heavy atom. The average Bonchev–Trinajstić information content (AvgIpc) is 2.52. The smallest absolute Gasteiger partial charge is 0.158 e. The second-order valence-electron chi connectivity index (χ2n) is 6.25. The summed E-state index contributed by atoms with van der Waals surface area (Å²) in [5, 5.41) is 12.0. The Hall–Kier alpha value is -1.67. The van der Waals surface area contributed by atoms with Crippen LogP contribution in [-0.4, -0.2) is 41.0 Å². The molecule has 1 aliphatic heterocycles. The van der Waals surface area contributed by atoms with Gasteiger partial charge >= 0.3 is 0 Å². The van der Waals surface area contributed by atoms with Crippen LogP contribution in [0.4, 0.5) is 5.82 Å². The van der Waals surface area contributed by atoms with Crippen molar-refractivity contribution in [2.45, 2.75) is 33.1 Å². The summed E-state index contributed by atoms with van der Waals surface area (Å²) in [6.07, 6.45) is 6.93. The van der Waals surface area contributed by atoms with Gasteiger partial charge in [-0.25, -0.2) is 9.97 Å². The van der Waals surface area contributed by atoms with Crippen molar-refractivity contribution < 1.29 is 0 Å². The molecule has 0 amide bonds. The fourth-order valence-corrected chi connectivity index (χ4v) is 2.58. The molecule has 1 fully saturated rings. The van der Waals surface area contributed by atoms with Gasteiger partial charge in [-0.2, -0.15) is 5.26 Å². The van der Waals surface area contributed by atoms with Crippen LogP contribution < -0.4 is 5.32 Å². The summed E-state index contributed by atoms with van der Waals surface area (Å²) in [7, 11) is 0. The van der Waals surface area contributed by atoms with Gasteiger partial charge in [-0.1, -0.05) is 13.8 Å². The molecule has 0 radical (unpaired) electrons. The summed E-state index contributed by atoms with van der Waals surface area (Å²) < 4.78 is 0. The molecule has 1 aromatic rings. The molecule has 0 aliphatic carbocycles. The van der Waals surface area contributed by atoms with Crippen molar-refractivity contribution in [3.63, 3.8) is 0 Å². The van der Waals surface area contributed by atoms with Crippen LogP contribution in [0.3, 0.4) is 0 Å². The molecule has 0 aromatic carbocycles. The van der Waals surface area contributed by atoms with E-state index < -0.39 is 0 Å². The predicted octanol–water partition coefficient (Wildman–Crippen LogP) is 2.52. The normalized spacial score (nSPS) is 16.9. The lowest BCUT2D eigenvalue weighted by Crippen LogP contribution is -2.36. The number of hydrogen-bond donors (Lipinski definition) is 1. The highest BCUT2D eigenvalue weighted by Crippen LogP contribution is 2.18. The summed E-state index contributed by atoms with van der Waals surface area (Å²) in [5.74, 6) is 2.26. The zero-order valence-electron chi connectivity index (χ0n) is 13.0. The number of nitrogens with one attached hydrogen (secondary N) is 1. The van der Waals surface area contributed by atoms with E-state index in [0.717, 1.165) is 18.3 Å². The Labute approximate surface area is 127 Å². The summed E-state index contributed by atoms with van der Waals surface area (Å²) in [6.45, 7) is 9.17. The third-order valence-corrected chi connectivity index (χ3v) is 4.07. The lowest BCUT2D eigenvalue weighted by molar-refractivity contribution is 0.181. The van der Waals surface area contributed by atoms with Gasteiger partial charge in [0, 0.05) is 6.54 Å². The second kappa shape index (κ2) is 7.94. The van der Waals surface area contributed by atoms with Crippen LogP contribution in [0.25, 0.3) is 0 Å². The Morgan fingerprint density at radius 3 is 2.67 bits per heavy atom. The lowest BCUT2D eigenvalue weighted by Gasteiger charge is -2.32. The van der Waals surface area contributed by atoms with Gasteiger partial charge < -0.3 is 10.2 Å². The van der Waals surface area contributed by atoms with Gasteiger partial charge in [0.2, 0.25) is 0 Å². The molecule has 2 heterocycles.